The first-order valence-electron chi connectivity index (χ1n) is 6.03. The molecular formula is C13H18BrF2NO. The van der Waals surface area contributed by atoms with Gasteiger partial charge in [0.25, 0.3) is 0 Å². The molecule has 5 heteroatoms. The van der Waals surface area contributed by atoms with Gasteiger partial charge in [-0.1, -0.05) is 13.3 Å². The van der Waals surface area contributed by atoms with E-state index in [4.69, 9.17) is 10.5 Å². The van der Waals surface area contributed by atoms with Gasteiger partial charge >= 0.3 is 0 Å². The standard InChI is InChI=1S/C13H18BrF2NO/c1-3-5-10(18-4-2)13(17)11-9(15)7-6-8(14)12(11)16/h6-7,10,13H,3-5,17H2,1-2H3. The van der Waals surface area contributed by atoms with Crippen LogP contribution in [0.1, 0.15) is 38.3 Å². The molecule has 1 rings (SSSR count). The molecule has 0 spiro atoms. The molecule has 1 aromatic rings. The second-order valence-electron chi connectivity index (χ2n) is 4.07. The zero-order chi connectivity index (χ0) is 13.7. The number of hydrogen-bond acceptors (Lipinski definition) is 2. The van der Waals surface area contributed by atoms with Crippen LogP contribution in [0, 0.1) is 11.6 Å². The van der Waals surface area contributed by atoms with Crippen molar-refractivity contribution >= 4 is 15.9 Å². The number of halogens is 3. The average molecular weight is 322 g/mol. The van der Waals surface area contributed by atoms with Crippen LogP contribution in [0.2, 0.25) is 0 Å². The zero-order valence-electron chi connectivity index (χ0n) is 10.6. The molecule has 0 amide bonds. The Labute approximate surface area is 115 Å². The van der Waals surface area contributed by atoms with E-state index in [2.05, 4.69) is 15.9 Å². The van der Waals surface area contributed by atoms with E-state index in [1.54, 1.807) is 0 Å². The highest BCUT2D eigenvalue weighted by molar-refractivity contribution is 9.10. The second-order valence-corrected chi connectivity index (χ2v) is 4.92. The first-order valence-corrected chi connectivity index (χ1v) is 6.82. The highest BCUT2D eigenvalue weighted by atomic mass is 79.9. The van der Waals surface area contributed by atoms with Gasteiger partial charge in [0.2, 0.25) is 0 Å². The van der Waals surface area contributed by atoms with Crippen molar-refractivity contribution in [1.29, 1.82) is 0 Å². The fourth-order valence-corrected chi connectivity index (χ4v) is 2.25. The van der Waals surface area contributed by atoms with E-state index < -0.39 is 17.7 Å². The third-order valence-corrected chi connectivity index (χ3v) is 3.38. The molecule has 2 N–H and O–H groups in total. The Bertz CT molecular complexity index is 395. The number of hydrogen-bond donors (Lipinski definition) is 1. The van der Waals surface area contributed by atoms with E-state index in [0.29, 0.717) is 13.0 Å². The largest absolute Gasteiger partial charge is 0.377 e. The quantitative estimate of drug-likeness (QED) is 0.806. The summed E-state index contributed by atoms with van der Waals surface area (Å²) < 4.78 is 33.3. The lowest BCUT2D eigenvalue weighted by molar-refractivity contribution is 0.0357. The topological polar surface area (TPSA) is 35.2 Å². The van der Waals surface area contributed by atoms with Gasteiger partial charge < -0.3 is 10.5 Å². The molecule has 18 heavy (non-hydrogen) atoms. The van der Waals surface area contributed by atoms with Crippen molar-refractivity contribution in [3.05, 3.63) is 33.8 Å². The van der Waals surface area contributed by atoms with Crippen LogP contribution in [-0.2, 0) is 4.74 Å². The van der Waals surface area contributed by atoms with Crippen LogP contribution in [0.15, 0.2) is 16.6 Å². The Hall–Kier alpha value is -0.520. The van der Waals surface area contributed by atoms with Gasteiger partial charge in [0.1, 0.15) is 11.6 Å². The van der Waals surface area contributed by atoms with Crippen LogP contribution in [0.3, 0.4) is 0 Å². The molecular weight excluding hydrogens is 304 g/mol. The minimum Gasteiger partial charge on any atom is -0.377 e. The first-order chi connectivity index (χ1) is 8.52. The summed E-state index contributed by atoms with van der Waals surface area (Å²) >= 11 is 3.04. The number of rotatable bonds is 6. The van der Waals surface area contributed by atoms with Crippen LogP contribution >= 0.6 is 15.9 Å². The van der Waals surface area contributed by atoms with Crippen molar-refractivity contribution in [2.75, 3.05) is 6.61 Å². The molecule has 0 aromatic heterocycles. The Morgan fingerprint density at radius 2 is 2.00 bits per heavy atom. The number of ether oxygens (including phenoxy) is 1. The molecule has 2 atom stereocenters. The van der Waals surface area contributed by atoms with Crippen LogP contribution in [0.25, 0.3) is 0 Å². The van der Waals surface area contributed by atoms with Crippen molar-refractivity contribution in [3.63, 3.8) is 0 Å². The molecule has 2 unspecified atom stereocenters. The SMILES string of the molecule is CCCC(OCC)C(N)c1c(F)ccc(Br)c1F. The number of benzene rings is 1. The lowest BCUT2D eigenvalue weighted by Crippen LogP contribution is -2.30. The van der Waals surface area contributed by atoms with Crippen LogP contribution in [0.4, 0.5) is 8.78 Å². The van der Waals surface area contributed by atoms with Crippen molar-refractivity contribution in [1.82, 2.24) is 0 Å². The first kappa shape index (κ1) is 15.5. The fourth-order valence-electron chi connectivity index (χ4n) is 1.90. The Morgan fingerprint density at radius 1 is 1.33 bits per heavy atom. The molecule has 0 saturated carbocycles. The molecule has 2 nitrogen and oxygen atoms in total. The highest BCUT2D eigenvalue weighted by Crippen LogP contribution is 2.29. The molecule has 0 bridgehead atoms. The molecule has 1 aromatic carbocycles. The zero-order valence-corrected chi connectivity index (χ0v) is 12.1. The molecule has 0 fully saturated rings. The third kappa shape index (κ3) is 3.49. The van der Waals surface area contributed by atoms with E-state index in [-0.39, 0.29) is 16.1 Å². The Kier molecular flexibility index (Phi) is 6.18. The number of nitrogens with two attached hydrogens (primary N) is 1. The fraction of sp³-hybridized carbons (Fsp3) is 0.538. The van der Waals surface area contributed by atoms with Gasteiger partial charge in [-0.25, -0.2) is 8.78 Å². The van der Waals surface area contributed by atoms with Gasteiger partial charge in [-0.3, -0.25) is 0 Å². The molecule has 0 heterocycles. The highest BCUT2D eigenvalue weighted by Gasteiger charge is 2.26. The maximum absolute atomic E-state index is 13.9. The second kappa shape index (κ2) is 7.16. The lowest BCUT2D eigenvalue weighted by atomic mass is 9.98. The Morgan fingerprint density at radius 3 is 2.56 bits per heavy atom. The predicted octanol–water partition coefficient (Wildman–Crippen LogP) is 3.93. The van der Waals surface area contributed by atoms with E-state index in [9.17, 15) is 8.78 Å². The summed E-state index contributed by atoms with van der Waals surface area (Å²) in [6.45, 7) is 4.28. The minimum atomic E-state index is -0.803. The summed E-state index contributed by atoms with van der Waals surface area (Å²) in [6, 6.07) is 1.73. The normalized spacial score (nSPS) is 14.6. The summed E-state index contributed by atoms with van der Waals surface area (Å²) in [5.74, 6) is -1.28. The van der Waals surface area contributed by atoms with Gasteiger partial charge in [0, 0.05) is 12.2 Å². The Balaban J connectivity index is 3.07. The van der Waals surface area contributed by atoms with Gasteiger partial charge in [0.15, 0.2) is 0 Å². The van der Waals surface area contributed by atoms with Crippen LogP contribution in [-0.4, -0.2) is 12.7 Å². The summed E-state index contributed by atoms with van der Waals surface area (Å²) in [5.41, 5.74) is 5.84. The van der Waals surface area contributed by atoms with E-state index in [1.165, 1.54) is 12.1 Å². The molecule has 0 aliphatic carbocycles. The van der Waals surface area contributed by atoms with Gasteiger partial charge in [-0.05, 0) is 41.4 Å². The smallest absolute Gasteiger partial charge is 0.145 e. The van der Waals surface area contributed by atoms with Crippen molar-refractivity contribution in [2.45, 2.75) is 38.8 Å². The van der Waals surface area contributed by atoms with Gasteiger partial charge in [0.05, 0.1) is 16.6 Å². The minimum absolute atomic E-state index is 0.115. The predicted molar refractivity (Wildman–Crippen MR) is 71.3 cm³/mol. The summed E-state index contributed by atoms with van der Waals surface area (Å²) in [7, 11) is 0. The molecule has 0 aliphatic heterocycles. The van der Waals surface area contributed by atoms with Gasteiger partial charge in [-0.15, -0.1) is 0 Å². The third-order valence-electron chi connectivity index (χ3n) is 2.77. The van der Waals surface area contributed by atoms with E-state index >= 15 is 0 Å². The molecule has 102 valence electrons. The molecule has 0 saturated heterocycles. The van der Waals surface area contributed by atoms with Crippen molar-refractivity contribution < 1.29 is 13.5 Å². The molecule has 0 radical (unpaired) electrons. The monoisotopic (exact) mass is 321 g/mol. The maximum atomic E-state index is 13.9. The maximum Gasteiger partial charge on any atom is 0.145 e. The van der Waals surface area contributed by atoms with E-state index in [0.717, 1.165) is 6.42 Å². The van der Waals surface area contributed by atoms with Crippen LogP contribution < -0.4 is 5.73 Å². The van der Waals surface area contributed by atoms with Crippen molar-refractivity contribution in [2.24, 2.45) is 5.73 Å². The van der Waals surface area contributed by atoms with E-state index in [1.807, 2.05) is 13.8 Å². The van der Waals surface area contributed by atoms with Crippen molar-refractivity contribution in [3.8, 4) is 0 Å². The summed E-state index contributed by atoms with van der Waals surface area (Å²) in [6.07, 6.45) is 1.13. The summed E-state index contributed by atoms with van der Waals surface area (Å²) in [5, 5.41) is 0. The summed E-state index contributed by atoms with van der Waals surface area (Å²) in [4.78, 5) is 0. The van der Waals surface area contributed by atoms with Gasteiger partial charge in [-0.2, -0.15) is 0 Å². The average Bonchev–Trinajstić information content (AvgIpc) is 2.34. The lowest BCUT2D eigenvalue weighted by Gasteiger charge is -2.24. The van der Waals surface area contributed by atoms with Crippen LogP contribution in [0.5, 0.6) is 0 Å². The molecule has 0 aliphatic rings.